The van der Waals surface area contributed by atoms with E-state index in [4.69, 9.17) is 14.2 Å². The molecule has 0 radical (unpaired) electrons. The summed E-state index contributed by atoms with van der Waals surface area (Å²) in [4.78, 5) is 0. The molecule has 3 unspecified atom stereocenters. The summed E-state index contributed by atoms with van der Waals surface area (Å²) in [6.45, 7) is 2.30. The van der Waals surface area contributed by atoms with Gasteiger partial charge in [-0.25, -0.2) is 0 Å². The predicted molar refractivity (Wildman–Crippen MR) is 91.8 cm³/mol. The third-order valence-electron chi connectivity index (χ3n) is 5.99. The van der Waals surface area contributed by atoms with E-state index in [1.54, 1.807) is 0 Å². The number of ether oxygens (including phenoxy) is 3. The van der Waals surface area contributed by atoms with Crippen molar-refractivity contribution in [1.29, 1.82) is 0 Å². The molecule has 2 N–H and O–H groups in total. The van der Waals surface area contributed by atoms with Crippen LogP contribution in [0.1, 0.15) is 44.6 Å². The van der Waals surface area contributed by atoms with Crippen LogP contribution in [-0.4, -0.2) is 46.5 Å². The van der Waals surface area contributed by atoms with Crippen molar-refractivity contribution in [2.24, 2.45) is 5.92 Å². The summed E-state index contributed by atoms with van der Waals surface area (Å²) in [6.07, 6.45) is 2.15. The second-order valence-electron chi connectivity index (χ2n) is 7.74. The number of aliphatic hydroxyl groups is 2. The molecule has 5 nitrogen and oxygen atoms in total. The van der Waals surface area contributed by atoms with Gasteiger partial charge >= 0.3 is 0 Å². The zero-order valence-corrected chi connectivity index (χ0v) is 14.7. The van der Waals surface area contributed by atoms with Crippen LogP contribution in [0.5, 0.6) is 0 Å². The minimum absolute atomic E-state index is 0.183. The highest BCUT2D eigenvalue weighted by Crippen LogP contribution is 2.47. The van der Waals surface area contributed by atoms with Gasteiger partial charge in [0.25, 0.3) is 0 Å². The molecular formula is C20H28O5. The maximum Gasteiger partial charge on any atom is 0.169 e. The molecule has 1 saturated heterocycles. The number of benzene rings is 1. The molecule has 1 aliphatic heterocycles. The molecule has 1 aromatic rings. The Morgan fingerprint density at radius 1 is 1.00 bits per heavy atom. The molecule has 1 heterocycles. The number of fused-ring (bicyclic) bond motifs is 1. The van der Waals surface area contributed by atoms with Crippen molar-refractivity contribution >= 4 is 0 Å². The Balaban J connectivity index is 1.52. The molecular weight excluding hydrogens is 320 g/mol. The standard InChI is InChI=1S/C20H28O5/c1-13-15(21)16(22)18(23-12-14-8-4-2-5-9-14)19-17(13)24-20(25-19)10-6-3-7-11-20/h2,4-5,8-9,13,15-19,21-22H,3,6-7,10-12H2,1H3/t13-,15?,16+,17-,18?,19?/m1/s1. The average molecular weight is 348 g/mol. The first-order chi connectivity index (χ1) is 12.1. The van der Waals surface area contributed by atoms with Crippen molar-refractivity contribution in [3.63, 3.8) is 0 Å². The van der Waals surface area contributed by atoms with Gasteiger partial charge in [-0.05, 0) is 18.4 Å². The summed E-state index contributed by atoms with van der Waals surface area (Å²) in [6, 6.07) is 9.85. The molecule has 5 heteroatoms. The van der Waals surface area contributed by atoms with Gasteiger partial charge in [0.05, 0.1) is 18.8 Å². The largest absolute Gasteiger partial charge is 0.390 e. The van der Waals surface area contributed by atoms with Gasteiger partial charge in [-0.2, -0.15) is 0 Å². The molecule has 4 rings (SSSR count). The maximum absolute atomic E-state index is 10.6. The van der Waals surface area contributed by atoms with E-state index >= 15 is 0 Å². The summed E-state index contributed by atoms with van der Waals surface area (Å²) >= 11 is 0. The quantitative estimate of drug-likeness (QED) is 0.878. The maximum atomic E-state index is 10.6. The molecule has 0 aromatic heterocycles. The fourth-order valence-corrected chi connectivity index (χ4v) is 4.50. The Morgan fingerprint density at radius 3 is 2.40 bits per heavy atom. The van der Waals surface area contributed by atoms with Gasteiger partial charge in [-0.1, -0.05) is 43.7 Å². The second-order valence-corrected chi connectivity index (χ2v) is 7.74. The predicted octanol–water partition coefficient (Wildman–Crippen LogP) is 2.39. The fraction of sp³-hybridized carbons (Fsp3) is 0.700. The zero-order valence-electron chi connectivity index (χ0n) is 14.7. The van der Waals surface area contributed by atoms with E-state index < -0.39 is 24.1 Å². The van der Waals surface area contributed by atoms with Gasteiger partial charge in [-0.3, -0.25) is 0 Å². The molecule has 1 aromatic carbocycles. The summed E-state index contributed by atoms with van der Waals surface area (Å²) in [5, 5.41) is 21.1. The number of aliphatic hydroxyl groups excluding tert-OH is 2. The highest BCUT2D eigenvalue weighted by atomic mass is 16.8. The second kappa shape index (κ2) is 6.97. The van der Waals surface area contributed by atoms with Gasteiger partial charge in [0.1, 0.15) is 18.3 Å². The molecule has 3 aliphatic rings. The summed E-state index contributed by atoms with van der Waals surface area (Å²) in [5.74, 6) is -0.738. The van der Waals surface area contributed by atoms with Gasteiger partial charge < -0.3 is 24.4 Å². The van der Waals surface area contributed by atoms with Crippen molar-refractivity contribution in [2.75, 3.05) is 0 Å². The normalized spacial score (nSPS) is 40.1. The van der Waals surface area contributed by atoms with Crippen LogP contribution in [0.25, 0.3) is 0 Å². The van der Waals surface area contributed by atoms with Crippen LogP contribution < -0.4 is 0 Å². The van der Waals surface area contributed by atoms with E-state index in [-0.39, 0.29) is 18.1 Å². The third-order valence-corrected chi connectivity index (χ3v) is 5.99. The van der Waals surface area contributed by atoms with E-state index in [2.05, 4.69) is 0 Å². The minimum atomic E-state index is -0.970. The molecule has 6 atom stereocenters. The first-order valence-electron chi connectivity index (χ1n) is 9.47. The van der Waals surface area contributed by atoms with Crippen molar-refractivity contribution < 1.29 is 24.4 Å². The lowest BCUT2D eigenvalue weighted by Gasteiger charge is -2.42. The molecule has 25 heavy (non-hydrogen) atoms. The monoisotopic (exact) mass is 348 g/mol. The lowest BCUT2D eigenvalue weighted by molar-refractivity contribution is -0.209. The molecule has 3 fully saturated rings. The fourth-order valence-electron chi connectivity index (χ4n) is 4.50. The summed E-state index contributed by atoms with van der Waals surface area (Å²) in [7, 11) is 0. The van der Waals surface area contributed by atoms with Crippen molar-refractivity contribution in [3.05, 3.63) is 35.9 Å². The van der Waals surface area contributed by atoms with Gasteiger partial charge in [0.2, 0.25) is 0 Å². The van der Waals surface area contributed by atoms with Crippen LogP contribution in [0, 0.1) is 5.92 Å². The summed E-state index contributed by atoms with van der Waals surface area (Å²) < 4.78 is 18.7. The molecule has 1 spiro atoms. The number of hydrogen-bond donors (Lipinski definition) is 2. The van der Waals surface area contributed by atoms with Crippen LogP contribution in [-0.2, 0) is 20.8 Å². The van der Waals surface area contributed by atoms with Crippen LogP contribution in [0.4, 0.5) is 0 Å². The number of hydrogen-bond acceptors (Lipinski definition) is 5. The van der Waals surface area contributed by atoms with Gasteiger partial charge in [-0.15, -0.1) is 0 Å². The minimum Gasteiger partial charge on any atom is -0.390 e. The first-order valence-corrected chi connectivity index (χ1v) is 9.47. The summed E-state index contributed by atoms with van der Waals surface area (Å²) in [5.41, 5.74) is 1.03. The zero-order chi connectivity index (χ0) is 17.4. The molecule has 0 bridgehead atoms. The van der Waals surface area contributed by atoms with Gasteiger partial charge in [0, 0.05) is 18.8 Å². The molecule has 2 aliphatic carbocycles. The molecule has 138 valence electrons. The van der Waals surface area contributed by atoms with Crippen molar-refractivity contribution in [2.45, 2.75) is 81.9 Å². The SMILES string of the molecule is C[C@@H]1C(O)[C@H](O)C(OCc2ccccc2)C2OC3(CCCCC3)O[C@@H]21. The lowest BCUT2D eigenvalue weighted by atomic mass is 9.79. The van der Waals surface area contributed by atoms with E-state index in [0.717, 1.165) is 31.2 Å². The highest BCUT2D eigenvalue weighted by molar-refractivity contribution is 5.14. The van der Waals surface area contributed by atoms with Crippen LogP contribution >= 0.6 is 0 Å². The highest BCUT2D eigenvalue weighted by Gasteiger charge is 2.59. The van der Waals surface area contributed by atoms with E-state index in [9.17, 15) is 10.2 Å². The first kappa shape index (κ1) is 17.4. The van der Waals surface area contributed by atoms with Crippen LogP contribution in [0.2, 0.25) is 0 Å². The van der Waals surface area contributed by atoms with Crippen LogP contribution in [0.3, 0.4) is 0 Å². The smallest absolute Gasteiger partial charge is 0.169 e. The van der Waals surface area contributed by atoms with Crippen LogP contribution in [0.15, 0.2) is 30.3 Å². The Kier molecular flexibility index (Phi) is 4.86. The van der Waals surface area contributed by atoms with Gasteiger partial charge in [0.15, 0.2) is 5.79 Å². The third kappa shape index (κ3) is 3.24. The Labute approximate surface area is 148 Å². The van der Waals surface area contributed by atoms with Crippen molar-refractivity contribution in [3.8, 4) is 0 Å². The van der Waals surface area contributed by atoms with E-state index in [1.165, 1.54) is 6.42 Å². The Hall–Kier alpha value is -0.980. The topological polar surface area (TPSA) is 68.2 Å². The Bertz CT molecular complexity index is 571. The van der Waals surface area contributed by atoms with Crippen molar-refractivity contribution in [1.82, 2.24) is 0 Å². The molecule has 0 amide bonds. The van der Waals surface area contributed by atoms with E-state index in [1.807, 2.05) is 37.3 Å². The average Bonchev–Trinajstić information content (AvgIpc) is 3.00. The van der Waals surface area contributed by atoms with E-state index in [0.29, 0.717) is 6.61 Å². The Morgan fingerprint density at radius 2 is 1.68 bits per heavy atom. The number of rotatable bonds is 3. The molecule has 2 saturated carbocycles. The lowest BCUT2D eigenvalue weighted by Crippen LogP contribution is -2.60.